The second-order valence-electron chi connectivity index (χ2n) is 5.53. The van der Waals surface area contributed by atoms with Crippen molar-refractivity contribution in [1.82, 2.24) is 4.90 Å². The summed E-state index contributed by atoms with van der Waals surface area (Å²) in [4.78, 5) is 2.38. The van der Waals surface area contributed by atoms with Crippen molar-refractivity contribution in [2.45, 2.75) is 58.3 Å². The molecule has 3 nitrogen and oxygen atoms in total. The maximum Gasteiger partial charge on any atom is 0.0746 e. The topological polar surface area (TPSA) is 38.5 Å². The van der Waals surface area contributed by atoms with Gasteiger partial charge in [0, 0.05) is 12.6 Å². The summed E-state index contributed by atoms with van der Waals surface area (Å²) >= 11 is 0. The number of rotatable bonds is 6. The van der Waals surface area contributed by atoms with Crippen molar-refractivity contribution in [2.75, 3.05) is 20.1 Å². The van der Waals surface area contributed by atoms with Crippen LogP contribution in [-0.4, -0.2) is 43.3 Å². The molecule has 0 bridgehead atoms. The third kappa shape index (κ3) is 4.04. The van der Waals surface area contributed by atoms with E-state index in [2.05, 4.69) is 32.7 Å². The van der Waals surface area contributed by atoms with E-state index in [1.54, 1.807) is 0 Å². The van der Waals surface area contributed by atoms with Gasteiger partial charge in [-0.2, -0.15) is 0 Å². The molecule has 1 fully saturated rings. The Morgan fingerprint density at radius 3 is 2.50 bits per heavy atom. The van der Waals surface area contributed by atoms with Crippen LogP contribution in [0.4, 0.5) is 0 Å². The Hall–Kier alpha value is -0.120. The van der Waals surface area contributed by atoms with E-state index in [1.807, 2.05) is 0 Å². The minimum absolute atomic E-state index is 0.345. The Labute approximate surface area is 100 Å². The quantitative estimate of drug-likeness (QED) is 0.754. The van der Waals surface area contributed by atoms with Crippen molar-refractivity contribution in [3.8, 4) is 0 Å². The molecule has 0 radical (unpaired) electrons. The molecule has 0 aromatic heterocycles. The number of likely N-dealkylation sites (N-methyl/N-ethyl adjacent to an activating group) is 1. The van der Waals surface area contributed by atoms with Gasteiger partial charge in [-0.3, -0.25) is 4.90 Å². The number of hydrogen-bond acceptors (Lipinski definition) is 3. The van der Waals surface area contributed by atoms with Crippen LogP contribution in [0.5, 0.6) is 0 Å². The maximum atomic E-state index is 5.92. The molecule has 1 saturated heterocycles. The summed E-state index contributed by atoms with van der Waals surface area (Å²) in [7, 11) is 2.17. The first kappa shape index (κ1) is 13.9. The number of nitrogens with two attached hydrogens (primary N) is 1. The predicted octanol–water partition coefficient (Wildman–Crippen LogP) is 1.86. The molecular formula is C13H28N2O. The zero-order valence-corrected chi connectivity index (χ0v) is 11.3. The fourth-order valence-corrected chi connectivity index (χ4v) is 2.36. The molecule has 1 rings (SSSR count). The molecular weight excluding hydrogens is 200 g/mol. The molecule has 3 atom stereocenters. The first-order valence-corrected chi connectivity index (χ1v) is 6.60. The summed E-state index contributed by atoms with van der Waals surface area (Å²) in [6, 6.07) is 0.392. The van der Waals surface area contributed by atoms with E-state index in [0.717, 1.165) is 18.9 Å². The van der Waals surface area contributed by atoms with Crippen molar-refractivity contribution < 1.29 is 4.74 Å². The number of ether oxygens (including phenoxy) is 1. The predicted molar refractivity (Wildman–Crippen MR) is 68.5 cm³/mol. The Morgan fingerprint density at radius 1 is 1.38 bits per heavy atom. The second-order valence-corrected chi connectivity index (χ2v) is 5.53. The standard InChI is InChI=1S/C13H28N2O/c1-10(2)7-8-15(4)12(9-14)13-6-5-11(3)16-13/h10-13H,5-9,14H2,1-4H3. The highest BCUT2D eigenvalue weighted by Gasteiger charge is 2.30. The van der Waals surface area contributed by atoms with Crippen LogP contribution in [-0.2, 0) is 4.74 Å². The van der Waals surface area contributed by atoms with Gasteiger partial charge in [-0.05, 0) is 45.7 Å². The summed E-state index contributed by atoms with van der Waals surface area (Å²) in [5.74, 6) is 0.754. The lowest BCUT2D eigenvalue weighted by atomic mass is 10.0. The monoisotopic (exact) mass is 228 g/mol. The summed E-state index contributed by atoms with van der Waals surface area (Å²) in [6.07, 6.45) is 4.33. The van der Waals surface area contributed by atoms with E-state index in [1.165, 1.54) is 12.8 Å². The molecule has 1 aliphatic heterocycles. The van der Waals surface area contributed by atoms with Gasteiger partial charge in [0.05, 0.1) is 12.2 Å². The molecule has 0 aromatic carbocycles. The highest BCUT2D eigenvalue weighted by atomic mass is 16.5. The van der Waals surface area contributed by atoms with Crippen LogP contribution in [0.25, 0.3) is 0 Å². The zero-order chi connectivity index (χ0) is 12.1. The van der Waals surface area contributed by atoms with Gasteiger partial charge < -0.3 is 10.5 Å². The number of nitrogens with zero attached hydrogens (tertiary/aromatic N) is 1. The van der Waals surface area contributed by atoms with Gasteiger partial charge in [-0.1, -0.05) is 13.8 Å². The van der Waals surface area contributed by atoms with Crippen molar-refractivity contribution in [1.29, 1.82) is 0 Å². The Kier molecular flexibility index (Phi) is 5.73. The summed E-state index contributed by atoms with van der Waals surface area (Å²) < 4.78 is 5.92. The lowest BCUT2D eigenvalue weighted by molar-refractivity contribution is 0.00197. The molecule has 0 amide bonds. The lowest BCUT2D eigenvalue weighted by Crippen LogP contribution is -2.47. The fraction of sp³-hybridized carbons (Fsp3) is 1.00. The number of hydrogen-bond donors (Lipinski definition) is 1. The zero-order valence-electron chi connectivity index (χ0n) is 11.3. The molecule has 0 aromatic rings. The van der Waals surface area contributed by atoms with E-state index < -0.39 is 0 Å². The van der Waals surface area contributed by atoms with Gasteiger partial charge in [-0.15, -0.1) is 0 Å². The Balaban J connectivity index is 2.40. The molecule has 96 valence electrons. The summed E-state index contributed by atoms with van der Waals surface area (Å²) in [6.45, 7) is 8.50. The van der Waals surface area contributed by atoms with E-state index >= 15 is 0 Å². The minimum Gasteiger partial charge on any atom is -0.374 e. The van der Waals surface area contributed by atoms with E-state index in [9.17, 15) is 0 Å². The van der Waals surface area contributed by atoms with E-state index in [4.69, 9.17) is 10.5 Å². The van der Waals surface area contributed by atoms with E-state index in [-0.39, 0.29) is 0 Å². The van der Waals surface area contributed by atoms with Gasteiger partial charge >= 0.3 is 0 Å². The SMILES string of the molecule is CC(C)CCN(C)C(CN)C1CCC(C)O1. The van der Waals surface area contributed by atoms with Gasteiger partial charge in [0.25, 0.3) is 0 Å². The second kappa shape index (κ2) is 6.58. The van der Waals surface area contributed by atoms with Crippen LogP contribution < -0.4 is 5.73 Å². The molecule has 0 aliphatic carbocycles. The summed E-state index contributed by atoms with van der Waals surface area (Å²) in [5.41, 5.74) is 5.88. The molecule has 1 aliphatic rings. The maximum absolute atomic E-state index is 5.92. The normalized spacial score (nSPS) is 27.9. The van der Waals surface area contributed by atoms with Crippen molar-refractivity contribution in [2.24, 2.45) is 11.7 Å². The van der Waals surface area contributed by atoms with Crippen LogP contribution in [0.2, 0.25) is 0 Å². The van der Waals surface area contributed by atoms with Crippen molar-refractivity contribution in [3.05, 3.63) is 0 Å². The average Bonchev–Trinajstić information content (AvgIpc) is 2.63. The van der Waals surface area contributed by atoms with Crippen molar-refractivity contribution >= 4 is 0 Å². The first-order chi connectivity index (χ1) is 7.54. The van der Waals surface area contributed by atoms with Crippen molar-refractivity contribution in [3.63, 3.8) is 0 Å². The van der Waals surface area contributed by atoms with Gasteiger partial charge in [0.2, 0.25) is 0 Å². The largest absolute Gasteiger partial charge is 0.374 e. The smallest absolute Gasteiger partial charge is 0.0746 e. The lowest BCUT2D eigenvalue weighted by Gasteiger charge is -2.32. The minimum atomic E-state index is 0.345. The summed E-state index contributed by atoms with van der Waals surface area (Å²) in [5, 5.41) is 0. The van der Waals surface area contributed by atoms with Gasteiger partial charge in [0.1, 0.15) is 0 Å². The molecule has 2 N–H and O–H groups in total. The molecule has 0 saturated carbocycles. The fourth-order valence-electron chi connectivity index (χ4n) is 2.36. The van der Waals surface area contributed by atoms with Gasteiger partial charge in [0.15, 0.2) is 0 Å². The van der Waals surface area contributed by atoms with Crippen LogP contribution >= 0.6 is 0 Å². The molecule has 16 heavy (non-hydrogen) atoms. The average molecular weight is 228 g/mol. The third-order valence-electron chi connectivity index (χ3n) is 3.56. The van der Waals surface area contributed by atoms with Crippen LogP contribution in [0.3, 0.4) is 0 Å². The Bertz CT molecular complexity index is 196. The highest BCUT2D eigenvalue weighted by molar-refractivity contribution is 4.84. The Morgan fingerprint density at radius 2 is 2.06 bits per heavy atom. The van der Waals surface area contributed by atoms with Crippen LogP contribution in [0, 0.1) is 5.92 Å². The highest BCUT2D eigenvalue weighted by Crippen LogP contribution is 2.23. The molecule has 0 spiro atoms. The third-order valence-corrected chi connectivity index (χ3v) is 3.56. The van der Waals surface area contributed by atoms with E-state index in [0.29, 0.717) is 24.8 Å². The molecule has 1 heterocycles. The van der Waals surface area contributed by atoms with Crippen LogP contribution in [0.15, 0.2) is 0 Å². The van der Waals surface area contributed by atoms with Gasteiger partial charge in [-0.25, -0.2) is 0 Å². The first-order valence-electron chi connectivity index (χ1n) is 6.60. The molecule has 3 heteroatoms. The molecule has 3 unspecified atom stereocenters. The van der Waals surface area contributed by atoms with Crippen LogP contribution in [0.1, 0.15) is 40.0 Å².